The summed E-state index contributed by atoms with van der Waals surface area (Å²) in [5.41, 5.74) is -1.02. The minimum Gasteiger partial charge on any atom is -0.480 e. The second-order valence-electron chi connectivity index (χ2n) is 5.44. The summed E-state index contributed by atoms with van der Waals surface area (Å²) >= 11 is 0. The highest BCUT2D eigenvalue weighted by atomic mass is 16.4. The SMILES string of the molecule is O=C(NC1(C(=O)O)CCCCC1)[C@@H]1CCCCN1. The first-order valence-electron chi connectivity index (χ1n) is 6.93. The standard InChI is InChI=1S/C13H22N2O3/c16-11(10-6-2-5-9-14-10)15-13(12(17)18)7-3-1-4-8-13/h10,14H,1-9H2,(H,15,16)(H,17,18)/t10-/m0/s1. The van der Waals surface area contributed by atoms with Crippen LogP contribution in [0.25, 0.3) is 0 Å². The maximum Gasteiger partial charge on any atom is 0.329 e. The van der Waals surface area contributed by atoms with Crippen LogP contribution < -0.4 is 10.6 Å². The number of amides is 1. The van der Waals surface area contributed by atoms with Gasteiger partial charge in [-0.1, -0.05) is 25.7 Å². The molecule has 0 radical (unpaired) electrons. The number of nitrogens with one attached hydrogen (secondary N) is 2. The van der Waals surface area contributed by atoms with E-state index in [4.69, 9.17) is 0 Å². The van der Waals surface area contributed by atoms with Gasteiger partial charge in [-0.05, 0) is 32.2 Å². The molecule has 5 nitrogen and oxygen atoms in total. The normalized spacial score (nSPS) is 27.4. The summed E-state index contributed by atoms with van der Waals surface area (Å²) in [6.45, 7) is 0.845. The van der Waals surface area contributed by atoms with E-state index in [2.05, 4.69) is 10.6 Å². The van der Waals surface area contributed by atoms with Crippen LogP contribution in [0.1, 0.15) is 51.4 Å². The zero-order chi connectivity index (χ0) is 13.0. The molecule has 102 valence electrons. The van der Waals surface area contributed by atoms with E-state index in [9.17, 15) is 14.7 Å². The number of carbonyl (C=O) groups excluding carboxylic acids is 1. The van der Waals surface area contributed by atoms with Crippen molar-refractivity contribution in [3.05, 3.63) is 0 Å². The van der Waals surface area contributed by atoms with Crippen molar-refractivity contribution in [3.8, 4) is 0 Å². The number of piperidine rings is 1. The molecule has 0 bridgehead atoms. The van der Waals surface area contributed by atoms with Crippen molar-refractivity contribution in [1.29, 1.82) is 0 Å². The van der Waals surface area contributed by atoms with Gasteiger partial charge in [-0.25, -0.2) is 4.79 Å². The van der Waals surface area contributed by atoms with Gasteiger partial charge in [0.1, 0.15) is 5.54 Å². The minimum atomic E-state index is -1.02. The van der Waals surface area contributed by atoms with Gasteiger partial charge in [0.2, 0.25) is 5.91 Å². The Balaban J connectivity index is 1.99. The molecule has 1 saturated carbocycles. The smallest absolute Gasteiger partial charge is 0.329 e. The van der Waals surface area contributed by atoms with Crippen molar-refractivity contribution in [2.45, 2.75) is 62.9 Å². The van der Waals surface area contributed by atoms with E-state index in [-0.39, 0.29) is 11.9 Å². The highest BCUT2D eigenvalue weighted by Crippen LogP contribution is 2.28. The Hall–Kier alpha value is -1.10. The summed E-state index contributed by atoms with van der Waals surface area (Å²) in [6.07, 6.45) is 6.87. The molecule has 0 aromatic heterocycles. The number of carboxylic acids is 1. The van der Waals surface area contributed by atoms with Gasteiger partial charge in [-0.15, -0.1) is 0 Å². The van der Waals surface area contributed by atoms with Crippen LogP contribution in [0.5, 0.6) is 0 Å². The van der Waals surface area contributed by atoms with Gasteiger partial charge >= 0.3 is 5.97 Å². The van der Waals surface area contributed by atoms with E-state index in [0.717, 1.165) is 45.1 Å². The maximum absolute atomic E-state index is 12.1. The topological polar surface area (TPSA) is 78.4 Å². The molecule has 2 rings (SSSR count). The molecule has 1 heterocycles. The van der Waals surface area contributed by atoms with Gasteiger partial charge in [0.25, 0.3) is 0 Å². The number of carboxylic acid groups (broad SMARTS) is 1. The van der Waals surface area contributed by atoms with Gasteiger partial charge in [0.15, 0.2) is 0 Å². The first kappa shape index (κ1) is 13.3. The molecule has 2 fully saturated rings. The second kappa shape index (κ2) is 5.69. The predicted octanol–water partition coefficient (Wildman–Crippen LogP) is 1.03. The molecule has 5 heteroatoms. The monoisotopic (exact) mass is 254 g/mol. The summed E-state index contributed by atoms with van der Waals surface area (Å²) < 4.78 is 0. The fourth-order valence-electron chi connectivity index (χ4n) is 2.95. The summed E-state index contributed by atoms with van der Waals surface area (Å²) in [4.78, 5) is 23.6. The molecule has 0 spiro atoms. The minimum absolute atomic E-state index is 0.140. The predicted molar refractivity (Wildman–Crippen MR) is 67.2 cm³/mol. The Morgan fingerprint density at radius 3 is 2.39 bits per heavy atom. The van der Waals surface area contributed by atoms with Crippen molar-refractivity contribution in [1.82, 2.24) is 10.6 Å². The van der Waals surface area contributed by atoms with Gasteiger partial charge in [-0.3, -0.25) is 4.79 Å². The molecule has 0 aromatic carbocycles. The molecule has 0 aromatic rings. The zero-order valence-corrected chi connectivity index (χ0v) is 10.7. The van der Waals surface area contributed by atoms with Crippen molar-refractivity contribution in [2.24, 2.45) is 0 Å². The van der Waals surface area contributed by atoms with Crippen molar-refractivity contribution in [2.75, 3.05) is 6.54 Å². The van der Waals surface area contributed by atoms with Crippen molar-refractivity contribution >= 4 is 11.9 Å². The van der Waals surface area contributed by atoms with Crippen molar-refractivity contribution in [3.63, 3.8) is 0 Å². The third-order valence-corrected chi connectivity index (χ3v) is 4.11. The number of hydrogen-bond acceptors (Lipinski definition) is 3. The van der Waals surface area contributed by atoms with E-state index < -0.39 is 11.5 Å². The lowest BCUT2D eigenvalue weighted by molar-refractivity contribution is -0.149. The lowest BCUT2D eigenvalue weighted by atomic mass is 9.81. The number of hydrogen-bond donors (Lipinski definition) is 3. The maximum atomic E-state index is 12.1. The van der Waals surface area contributed by atoms with E-state index in [1.807, 2.05) is 0 Å². The quantitative estimate of drug-likeness (QED) is 0.703. The van der Waals surface area contributed by atoms with E-state index in [1.54, 1.807) is 0 Å². The first-order chi connectivity index (χ1) is 8.64. The summed E-state index contributed by atoms with van der Waals surface area (Å²) in [5, 5.41) is 15.4. The van der Waals surface area contributed by atoms with E-state index in [1.165, 1.54) is 0 Å². The average molecular weight is 254 g/mol. The van der Waals surface area contributed by atoms with Gasteiger partial charge in [-0.2, -0.15) is 0 Å². The largest absolute Gasteiger partial charge is 0.480 e. The fraction of sp³-hybridized carbons (Fsp3) is 0.846. The number of rotatable bonds is 3. The summed E-state index contributed by atoms with van der Waals surface area (Å²) in [6, 6.07) is -0.211. The van der Waals surface area contributed by atoms with Crippen LogP contribution in [0, 0.1) is 0 Å². The molecule has 18 heavy (non-hydrogen) atoms. The molecular weight excluding hydrogens is 232 g/mol. The van der Waals surface area contributed by atoms with Gasteiger partial charge in [0.05, 0.1) is 6.04 Å². The number of aliphatic carboxylic acids is 1. The highest BCUT2D eigenvalue weighted by Gasteiger charge is 2.42. The second-order valence-corrected chi connectivity index (χ2v) is 5.44. The van der Waals surface area contributed by atoms with Crippen LogP contribution in [-0.4, -0.2) is 35.1 Å². The summed E-state index contributed by atoms with van der Waals surface area (Å²) in [7, 11) is 0. The van der Waals surface area contributed by atoms with Crippen LogP contribution in [-0.2, 0) is 9.59 Å². The van der Waals surface area contributed by atoms with Crippen LogP contribution in [0.4, 0.5) is 0 Å². The first-order valence-corrected chi connectivity index (χ1v) is 6.93. The molecule has 1 saturated heterocycles. The van der Waals surface area contributed by atoms with E-state index >= 15 is 0 Å². The lowest BCUT2D eigenvalue weighted by Gasteiger charge is -2.35. The van der Waals surface area contributed by atoms with Crippen LogP contribution in [0.15, 0.2) is 0 Å². The average Bonchev–Trinajstić information content (AvgIpc) is 2.40. The Bertz CT molecular complexity index is 318. The lowest BCUT2D eigenvalue weighted by Crippen LogP contribution is -2.60. The van der Waals surface area contributed by atoms with Crippen LogP contribution in [0.2, 0.25) is 0 Å². The fourth-order valence-corrected chi connectivity index (χ4v) is 2.95. The Morgan fingerprint density at radius 2 is 1.83 bits per heavy atom. The third-order valence-electron chi connectivity index (χ3n) is 4.11. The molecule has 2 aliphatic rings. The van der Waals surface area contributed by atoms with Crippen molar-refractivity contribution < 1.29 is 14.7 Å². The van der Waals surface area contributed by atoms with E-state index in [0.29, 0.717) is 12.8 Å². The van der Waals surface area contributed by atoms with Gasteiger partial charge < -0.3 is 15.7 Å². The highest BCUT2D eigenvalue weighted by molar-refractivity contribution is 5.89. The number of carbonyl (C=O) groups is 2. The van der Waals surface area contributed by atoms with Crippen LogP contribution in [0.3, 0.4) is 0 Å². The molecule has 0 unspecified atom stereocenters. The molecule has 1 atom stereocenters. The Morgan fingerprint density at radius 1 is 1.11 bits per heavy atom. The van der Waals surface area contributed by atoms with Crippen LogP contribution >= 0.6 is 0 Å². The van der Waals surface area contributed by atoms with Gasteiger partial charge in [0, 0.05) is 0 Å². The molecule has 1 aliphatic heterocycles. The Labute approximate surface area is 107 Å². The Kier molecular flexibility index (Phi) is 4.22. The summed E-state index contributed by atoms with van der Waals surface area (Å²) in [5.74, 6) is -1.02. The molecule has 3 N–H and O–H groups in total. The molecule has 1 amide bonds. The molecular formula is C13H22N2O3. The third kappa shape index (κ3) is 2.83. The molecule has 1 aliphatic carbocycles. The zero-order valence-electron chi connectivity index (χ0n) is 10.7.